The van der Waals surface area contributed by atoms with Gasteiger partial charge in [0.25, 0.3) is 5.91 Å². The normalized spacial score (nSPS) is 22.8. The Morgan fingerprint density at radius 3 is 2.84 bits per heavy atom. The van der Waals surface area contributed by atoms with Crippen LogP contribution in [0.4, 0.5) is 0 Å². The number of benzene rings is 2. The highest BCUT2D eigenvalue weighted by Crippen LogP contribution is 2.44. The minimum absolute atomic E-state index is 0.173. The molecule has 164 valence electrons. The van der Waals surface area contributed by atoms with Gasteiger partial charge in [0, 0.05) is 49.5 Å². The standard InChI is InChI=1S/C26H27N3O3/c1-2-29-16-14-26(13-11-23(29)30)17-21(20-9-5-6-10-22(20)32-26)28-25(31)24-19-8-4-3-7-18(19)12-15-27-24/h3-10,12,15,21H,2,11,13-14,16-17H2,1H3,(H,28,31). The van der Waals surface area contributed by atoms with Gasteiger partial charge in [0.05, 0.1) is 6.04 Å². The van der Waals surface area contributed by atoms with Crippen molar-refractivity contribution in [3.63, 3.8) is 0 Å². The van der Waals surface area contributed by atoms with Crippen molar-refractivity contribution in [3.8, 4) is 5.75 Å². The Morgan fingerprint density at radius 1 is 1.16 bits per heavy atom. The Hall–Kier alpha value is -3.41. The van der Waals surface area contributed by atoms with E-state index in [1.165, 1.54) is 0 Å². The summed E-state index contributed by atoms with van der Waals surface area (Å²) >= 11 is 0. The van der Waals surface area contributed by atoms with Gasteiger partial charge in [-0.15, -0.1) is 0 Å². The highest BCUT2D eigenvalue weighted by atomic mass is 16.5. The van der Waals surface area contributed by atoms with E-state index in [1.54, 1.807) is 6.20 Å². The zero-order valence-corrected chi connectivity index (χ0v) is 18.2. The van der Waals surface area contributed by atoms with Gasteiger partial charge in [-0.2, -0.15) is 0 Å². The molecule has 2 aliphatic rings. The summed E-state index contributed by atoms with van der Waals surface area (Å²) in [6.45, 7) is 3.38. The Morgan fingerprint density at radius 2 is 1.97 bits per heavy atom. The number of hydrogen-bond donors (Lipinski definition) is 1. The number of aromatic nitrogens is 1. The van der Waals surface area contributed by atoms with Crippen LogP contribution in [0.1, 0.15) is 54.7 Å². The van der Waals surface area contributed by atoms with E-state index in [9.17, 15) is 9.59 Å². The third kappa shape index (κ3) is 3.70. The first kappa shape index (κ1) is 20.5. The molecule has 1 N–H and O–H groups in total. The molecule has 6 nitrogen and oxygen atoms in total. The molecule has 1 fully saturated rings. The van der Waals surface area contributed by atoms with E-state index < -0.39 is 5.60 Å². The van der Waals surface area contributed by atoms with Gasteiger partial charge in [0.15, 0.2) is 0 Å². The minimum atomic E-state index is -0.474. The number of para-hydroxylation sites is 1. The topological polar surface area (TPSA) is 71.5 Å². The van der Waals surface area contributed by atoms with Crippen molar-refractivity contribution in [2.45, 2.75) is 44.2 Å². The van der Waals surface area contributed by atoms with Crippen LogP contribution in [-0.2, 0) is 4.79 Å². The zero-order valence-electron chi connectivity index (χ0n) is 18.2. The van der Waals surface area contributed by atoms with Crippen molar-refractivity contribution >= 4 is 22.6 Å². The van der Waals surface area contributed by atoms with Gasteiger partial charge in [0.2, 0.25) is 5.91 Å². The van der Waals surface area contributed by atoms with Crippen molar-refractivity contribution in [3.05, 3.63) is 72.1 Å². The molecule has 2 amide bonds. The van der Waals surface area contributed by atoms with E-state index in [0.29, 0.717) is 38.0 Å². The lowest BCUT2D eigenvalue weighted by atomic mass is 9.82. The van der Waals surface area contributed by atoms with Gasteiger partial charge in [-0.05, 0) is 30.9 Å². The first-order valence-corrected chi connectivity index (χ1v) is 11.3. The Balaban J connectivity index is 1.46. The Bertz CT molecular complexity index is 1170. The second kappa shape index (κ2) is 8.26. The molecule has 32 heavy (non-hydrogen) atoms. The second-order valence-electron chi connectivity index (χ2n) is 8.66. The van der Waals surface area contributed by atoms with Crippen LogP contribution in [0.15, 0.2) is 60.8 Å². The summed E-state index contributed by atoms with van der Waals surface area (Å²) in [7, 11) is 0. The van der Waals surface area contributed by atoms with Crippen LogP contribution in [0, 0.1) is 0 Å². The van der Waals surface area contributed by atoms with Gasteiger partial charge in [-0.1, -0.05) is 42.5 Å². The molecule has 6 heteroatoms. The number of ether oxygens (including phenoxy) is 1. The number of rotatable bonds is 3. The van der Waals surface area contributed by atoms with Crippen LogP contribution < -0.4 is 10.1 Å². The van der Waals surface area contributed by atoms with Gasteiger partial charge in [-0.25, -0.2) is 0 Å². The van der Waals surface area contributed by atoms with Gasteiger partial charge in [0.1, 0.15) is 17.0 Å². The number of nitrogens with zero attached hydrogens (tertiary/aromatic N) is 2. The number of carbonyl (C=O) groups is 2. The number of fused-ring (bicyclic) bond motifs is 2. The van der Waals surface area contributed by atoms with E-state index in [-0.39, 0.29) is 17.9 Å². The van der Waals surface area contributed by atoms with E-state index in [4.69, 9.17) is 4.74 Å². The maximum atomic E-state index is 13.3. The zero-order chi connectivity index (χ0) is 22.1. The fourth-order valence-electron chi connectivity index (χ4n) is 5.00. The van der Waals surface area contributed by atoms with Crippen LogP contribution >= 0.6 is 0 Å². The number of nitrogens with one attached hydrogen (secondary N) is 1. The Labute approximate surface area is 187 Å². The van der Waals surface area contributed by atoms with E-state index >= 15 is 0 Å². The number of likely N-dealkylation sites (tertiary alicyclic amines) is 1. The monoisotopic (exact) mass is 429 g/mol. The highest BCUT2D eigenvalue weighted by molar-refractivity contribution is 6.05. The summed E-state index contributed by atoms with van der Waals surface area (Å²) in [6, 6.07) is 17.3. The average molecular weight is 430 g/mol. The third-order valence-corrected chi connectivity index (χ3v) is 6.76. The minimum Gasteiger partial charge on any atom is -0.487 e. The summed E-state index contributed by atoms with van der Waals surface area (Å²) < 4.78 is 6.52. The fraction of sp³-hybridized carbons (Fsp3) is 0.346. The van der Waals surface area contributed by atoms with Crippen molar-refractivity contribution in [2.24, 2.45) is 0 Å². The molecule has 0 bridgehead atoms. The third-order valence-electron chi connectivity index (χ3n) is 6.76. The van der Waals surface area contributed by atoms with E-state index in [0.717, 1.165) is 28.5 Å². The lowest BCUT2D eigenvalue weighted by molar-refractivity contribution is -0.130. The van der Waals surface area contributed by atoms with Crippen LogP contribution in [0.25, 0.3) is 10.8 Å². The number of amides is 2. The first-order valence-electron chi connectivity index (χ1n) is 11.3. The molecule has 1 spiro atoms. The van der Waals surface area contributed by atoms with Crippen molar-refractivity contribution in [2.75, 3.05) is 13.1 Å². The number of pyridine rings is 1. The van der Waals surface area contributed by atoms with Crippen LogP contribution in [-0.4, -0.2) is 40.4 Å². The van der Waals surface area contributed by atoms with Gasteiger partial charge < -0.3 is 15.0 Å². The molecule has 1 aromatic heterocycles. The smallest absolute Gasteiger partial charge is 0.271 e. The lowest BCUT2D eigenvalue weighted by Gasteiger charge is -2.42. The van der Waals surface area contributed by atoms with Crippen LogP contribution in [0.2, 0.25) is 0 Å². The van der Waals surface area contributed by atoms with E-state index in [1.807, 2.05) is 66.4 Å². The van der Waals surface area contributed by atoms with E-state index in [2.05, 4.69) is 10.3 Å². The molecule has 0 saturated carbocycles. The largest absolute Gasteiger partial charge is 0.487 e. The molecule has 2 unspecified atom stereocenters. The van der Waals surface area contributed by atoms with Crippen molar-refractivity contribution in [1.82, 2.24) is 15.2 Å². The molecule has 0 radical (unpaired) electrons. The number of carbonyl (C=O) groups excluding carboxylic acids is 2. The van der Waals surface area contributed by atoms with Crippen molar-refractivity contribution in [1.29, 1.82) is 0 Å². The summed E-state index contributed by atoms with van der Waals surface area (Å²) in [5, 5.41) is 5.05. The molecular formula is C26H27N3O3. The molecule has 2 aliphatic heterocycles. The predicted molar refractivity (Wildman–Crippen MR) is 122 cm³/mol. The van der Waals surface area contributed by atoms with Crippen LogP contribution in [0.5, 0.6) is 5.75 Å². The first-order chi connectivity index (χ1) is 15.6. The maximum Gasteiger partial charge on any atom is 0.271 e. The summed E-state index contributed by atoms with van der Waals surface area (Å²) in [6.07, 6.45) is 4.16. The molecule has 2 aromatic carbocycles. The lowest BCUT2D eigenvalue weighted by Crippen LogP contribution is -2.46. The second-order valence-corrected chi connectivity index (χ2v) is 8.66. The van der Waals surface area contributed by atoms with Crippen molar-refractivity contribution < 1.29 is 14.3 Å². The quantitative estimate of drug-likeness (QED) is 0.675. The average Bonchev–Trinajstić information content (AvgIpc) is 2.97. The summed E-state index contributed by atoms with van der Waals surface area (Å²) in [5.74, 6) is 0.762. The molecule has 3 aromatic rings. The maximum absolute atomic E-state index is 13.3. The Kier molecular flexibility index (Phi) is 5.29. The van der Waals surface area contributed by atoms with Gasteiger partial charge >= 0.3 is 0 Å². The molecule has 1 saturated heterocycles. The SMILES string of the molecule is CCN1CCC2(CCC1=O)CC(NC(=O)c1nccc3ccccc13)c1ccccc1O2. The van der Waals surface area contributed by atoms with Gasteiger partial charge in [-0.3, -0.25) is 14.6 Å². The summed E-state index contributed by atoms with van der Waals surface area (Å²) in [5.41, 5.74) is 0.918. The molecule has 3 heterocycles. The highest BCUT2D eigenvalue weighted by Gasteiger charge is 2.43. The molecule has 0 aliphatic carbocycles. The fourth-order valence-corrected chi connectivity index (χ4v) is 5.00. The van der Waals surface area contributed by atoms with Crippen LogP contribution in [0.3, 0.4) is 0 Å². The molecule has 2 atom stereocenters. The summed E-state index contributed by atoms with van der Waals surface area (Å²) in [4.78, 5) is 32.1. The molecular weight excluding hydrogens is 402 g/mol. The predicted octanol–water partition coefficient (Wildman–Crippen LogP) is 4.26. The molecule has 5 rings (SSSR count). The number of hydrogen-bond acceptors (Lipinski definition) is 4.